The Bertz CT molecular complexity index is 2720. The second-order valence-corrected chi connectivity index (χ2v) is 20.9. The average Bonchev–Trinajstić information content (AvgIpc) is 3.91. The van der Waals surface area contributed by atoms with Gasteiger partial charge in [-0.2, -0.15) is 11.3 Å². The van der Waals surface area contributed by atoms with Gasteiger partial charge in [-0.3, -0.25) is 0 Å². The van der Waals surface area contributed by atoms with E-state index in [0.29, 0.717) is 0 Å². The molecule has 0 saturated carbocycles. The normalized spacial score (nSPS) is 19.5. The summed E-state index contributed by atoms with van der Waals surface area (Å²) in [6, 6.07) is 29.6. The minimum absolute atomic E-state index is 0.0709. The van der Waals surface area contributed by atoms with Crippen molar-refractivity contribution in [1.82, 2.24) is 0 Å². The topological polar surface area (TPSA) is 16.4 Å². The summed E-state index contributed by atoms with van der Waals surface area (Å²) in [6.45, 7) is 20.2. The van der Waals surface area contributed by atoms with Gasteiger partial charge < -0.3 is 9.32 Å². The SMILES string of the molecule is CC1(C)CCC(C)(C)c2c(N3c4cc(-c5ccc6oc7ccccc7c6c5)cc5c4B(c4ccccc4-5)c4sc5c(c43)C(C)(C)CCC5(C)C)csc21. The molecule has 264 valence electrons. The largest absolute Gasteiger partial charge is 0.456 e. The molecule has 2 aliphatic carbocycles. The zero-order chi connectivity index (χ0) is 36.4. The number of thiophene rings is 2. The Labute approximate surface area is 321 Å². The summed E-state index contributed by atoms with van der Waals surface area (Å²) < 4.78 is 7.85. The molecule has 0 bridgehead atoms. The highest BCUT2D eigenvalue weighted by atomic mass is 32.1. The van der Waals surface area contributed by atoms with Crippen LogP contribution in [0.5, 0.6) is 0 Å². The number of anilines is 3. The van der Waals surface area contributed by atoms with Crippen LogP contribution in [0.15, 0.2) is 88.7 Å². The lowest BCUT2D eigenvalue weighted by molar-refractivity contribution is 0.338. The predicted molar refractivity (Wildman–Crippen MR) is 230 cm³/mol. The van der Waals surface area contributed by atoms with E-state index < -0.39 is 0 Å². The van der Waals surface area contributed by atoms with Crippen molar-refractivity contribution < 1.29 is 4.42 Å². The summed E-state index contributed by atoms with van der Waals surface area (Å²) in [5, 5.41) is 4.89. The molecule has 5 heteroatoms. The molecular weight excluding hydrogens is 681 g/mol. The van der Waals surface area contributed by atoms with Gasteiger partial charge in [0.05, 0.1) is 11.4 Å². The van der Waals surface area contributed by atoms with Gasteiger partial charge in [0.25, 0.3) is 6.71 Å². The first kappa shape index (κ1) is 32.4. The van der Waals surface area contributed by atoms with E-state index >= 15 is 0 Å². The average molecular weight is 728 g/mol. The lowest BCUT2D eigenvalue weighted by atomic mass is 9.40. The number of nitrogens with zero attached hydrogens (tertiary/aromatic N) is 1. The molecule has 0 saturated heterocycles. The molecule has 7 aromatic rings. The Balaban J connectivity index is 1.26. The summed E-state index contributed by atoms with van der Waals surface area (Å²) in [5.41, 5.74) is 18.0. The molecule has 3 aromatic heterocycles. The zero-order valence-corrected chi connectivity index (χ0v) is 33.8. The Morgan fingerprint density at radius 2 is 1.28 bits per heavy atom. The molecule has 53 heavy (non-hydrogen) atoms. The first-order chi connectivity index (χ1) is 25.3. The molecule has 0 amide bonds. The number of benzene rings is 4. The maximum atomic E-state index is 6.30. The zero-order valence-electron chi connectivity index (χ0n) is 32.2. The number of hydrogen-bond acceptors (Lipinski definition) is 4. The third-order valence-electron chi connectivity index (χ3n) is 13.7. The van der Waals surface area contributed by atoms with E-state index in [9.17, 15) is 0 Å². The fraction of sp³-hybridized carbons (Fsp3) is 0.333. The molecule has 4 aliphatic rings. The van der Waals surface area contributed by atoms with Crippen LogP contribution in [0.1, 0.15) is 102 Å². The van der Waals surface area contributed by atoms with E-state index in [1.54, 1.807) is 25.7 Å². The molecule has 2 nitrogen and oxygen atoms in total. The van der Waals surface area contributed by atoms with Crippen molar-refractivity contribution in [3.8, 4) is 22.3 Å². The highest BCUT2D eigenvalue weighted by Gasteiger charge is 2.52. The van der Waals surface area contributed by atoms with Gasteiger partial charge >= 0.3 is 0 Å². The van der Waals surface area contributed by atoms with E-state index in [1.807, 2.05) is 11.3 Å². The summed E-state index contributed by atoms with van der Waals surface area (Å²) in [6.07, 6.45) is 4.84. The van der Waals surface area contributed by atoms with Crippen LogP contribution in [0.25, 0.3) is 44.2 Å². The van der Waals surface area contributed by atoms with E-state index in [1.165, 1.54) is 86.7 Å². The van der Waals surface area contributed by atoms with Gasteiger partial charge in [-0.1, -0.05) is 109 Å². The van der Waals surface area contributed by atoms with Crippen molar-refractivity contribution in [3.63, 3.8) is 0 Å². The molecule has 11 rings (SSSR count). The Kier molecular flexibility index (Phi) is 6.34. The van der Waals surface area contributed by atoms with Crippen LogP contribution in [0.2, 0.25) is 0 Å². The number of rotatable bonds is 2. The van der Waals surface area contributed by atoms with Gasteiger partial charge in [-0.05, 0) is 117 Å². The minimum Gasteiger partial charge on any atom is -0.456 e. The Hall–Kier alpha value is -4.06. The maximum Gasteiger partial charge on any atom is 0.260 e. The van der Waals surface area contributed by atoms with Crippen molar-refractivity contribution in [1.29, 1.82) is 0 Å². The second-order valence-electron chi connectivity index (χ2n) is 19.0. The van der Waals surface area contributed by atoms with Crippen LogP contribution in [0, 0.1) is 0 Å². The highest BCUT2D eigenvalue weighted by Crippen LogP contribution is 2.60. The molecule has 5 heterocycles. The van der Waals surface area contributed by atoms with Gasteiger partial charge in [-0.15, -0.1) is 11.3 Å². The highest BCUT2D eigenvalue weighted by molar-refractivity contribution is 7.29. The van der Waals surface area contributed by atoms with E-state index in [-0.39, 0.29) is 28.4 Å². The molecule has 0 fully saturated rings. The van der Waals surface area contributed by atoms with Crippen LogP contribution in [-0.2, 0) is 21.7 Å². The molecular formula is C48H46BNOS2. The molecule has 0 N–H and O–H groups in total. The molecule has 2 aliphatic heterocycles. The summed E-state index contributed by atoms with van der Waals surface area (Å²) >= 11 is 4.14. The summed E-state index contributed by atoms with van der Waals surface area (Å²) in [4.78, 5) is 5.98. The molecule has 0 radical (unpaired) electrons. The van der Waals surface area contributed by atoms with Gasteiger partial charge in [0.2, 0.25) is 0 Å². The first-order valence-corrected chi connectivity index (χ1v) is 21.2. The molecule has 0 atom stereocenters. The third-order valence-corrected chi connectivity index (χ3v) is 16.6. The quantitative estimate of drug-likeness (QED) is 0.165. The summed E-state index contributed by atoms with van der Waals surface area (Å²) in [5.74, 6) is 0. The van der Waals surface area contributed by atoms with Gasteiger partial charge in [0.15, 0.2) is 0 Å². The predicted octanol–water partition coefficient (Wildman–Crippen LogP) is 12.4. The van der Waals surface area contributed by atoms with Crippen molar-refractivity contribution in [2.24, 2.45) is 0 Å². The molecule has 4 aromatic carbocycles. The van der Waals surface area contributed by atoms with Crippen molar-refractivity contribution in [2.45, 2.75) is 103 Å². The number of furan rings is 1. The Morgan fingerprint density at radius 1 is 0.604 bits per heavy atom. The van der Waals surface area contributed by atoms with Crippen LogP contribution < -0.4 is 20.6 Å². The van der Waals surface area contributed by atoms with Crippen molar-refractivity contribution in [2.75, 3.05) is 4.90 Å². The van der Waals surface area contributed by atoms with Crippen molar-refractivity contribution in [3.05, 3.63) is 105 Å². The van der Waals surface area contributed by atoms with Gasteiger partial charge in [-0.25, -0.2) is 0 Å². The molecule has 0 unspecified atom stereocenters. The second kappa shape index (κ2) is 10.4. The van der Waals surface area contributed by atoms with E-state index in [2.05, 4.69) is 156 Å². The lowest BCUT2D eigenvalue weighted by Crippen LogP contribution is -2.54. The van der Waals surface area contributed by atoms with Gasteiger partial charge in [0.1, 0.15) is 11.2 Å². The monoisotopic (exact) mass is 727 g/mol. The smallest absolute Gasteiger partial charge is 0.260 e. The number of fused-ring (bicyclic) bond motifs is 11. The fourth-order valence-corrected chi connectivity index (χ4v) is 13.7. The third kappa shape index (κ3) is 4.27. The number of hydrogen-bond donors (Lipinski definition) is 0. The van der Waals surface area contributed by atoms with E-state index in [4.69, 9.17) is 4.42 Å². The fourth-order valence-electron chi connectivity index (χ4n) is 10.6. The standard InChI is InChI=1S/C48H46BNOS2/c1-45(2)19-21-47(5,6)42-38(45)35(26-52-42)50-34-25-28(27-17-18-37-31(23-27)30-14-10-12-16-36(30)51-37)24-32-29-13-9-11-15-33(29)49(40(32)34)44-41(50)39-43(53-44)48(7,8)22-20-46(39,3)4/h9-18,23-26H,19-22H2,1-8H3. The molecule has 0 spiro atoms. The van der Waals surface area contributed by atoms with Gasteiger partial charge in [0, 0.05) is 36.4 Å². The van der Waals surface area contributed by atoms with Crippen LogP contribution in [0.3, 0.4) is 0 Å². The maximum absolute atomic E-state index is 6.30. The summed E-state index contributed by atoms with van der Waals surface area (Å²) in [7, 11) is 0. The number of para-hydroxylation sites is 1. The lowest BCUT2D eigenvalue weighted by Gasteiger charge is -2.44. The van der Waals surface area contributed by atoms with Crippen LogP contribution in [0.4, 0.5) is 17.1 Å². The minimum atomic E-state index is 0.0709. The van der Waals surface area contributed by atoms with Crippen LogP contribution >= 0.6 is 22.7 Å². The van der Waals surface area contributed by atoms with Crippen LogP contribution in [-0.4, -0.2) is 6.71 Å². The first-order valence-electron chi connectivity index (χ1n) is 19.5. The van der Waals surface area contributed by atoms with E-state index in [0.717, 1.165) is 11.2 Å². The van der Waals surface area contributed by atoms with Crippen molar-refractivity contribution >= 4 is 84.1 Å². The Morgan fingerprint density at radius 3 is 2.09 bits per heavy atom.